The number of ether oxygens (including phenoxy) is 1. The smallest absolute Gasteiger partial charge is 0.343 e. The number of hydrogen-bond acceptors (Lipinski definition) is 5. The molecule has 0 N–H and O–H groups in total. The zero-order chi connectivity index (χ0) is 30.8. The van der Waals surface area contributed by atoms with Crippen LogP contribution < -0.4 is 4.74 Å². The summed E-state index contributed by atoms with van der Waals surface area (Å²) in [6.45, 7) is 4.49. The average Bonchev–Trinajstić information content (AvgIpc) is 3.07. The summed E-state index contributed by atoms with van der Waals surface area (Å²) in [5.74, 6) is 1.97. The minimum atomic E-state index is -0.374. The molecule has 0 amide bonds. The number of nitrogens with zero attached hydrogens (tertiary/aromatic N) is 2. The first-order valence-corrected chi connectivity index (χ1v) is 17.6. The molecule has 0 aliphatic carbocycles. The Morgan fingerprint density at radius 1 is 0.614 bits per heavy atom. The number of carbonyl (C=O) groups is 1. The number of rotatable bonds is 19. The van der Waals surface area contributed by atoms with Crippen molar-refractivity contribution in [1.29, 1.82) is 0 Å². The lowest BCUT2D eigenvalue weighted by molar-refractivity contribution is 0.0735. The van der Waals surface area contributed by atoms with E-state index in [1.807, 2.05) is 60.6 Å². The quantitative estimate of drug-likeness (QED) is 0.0459. The summed E-state index contributed by atoms with van der Waals surface area (Å²) < 4.78 is 5.64. The van der Waals surface area contributed by atoms with E-state index in [1.165, 1.54) is 93.3 Å². The second kappa shape index (κ2) is 19.1. The van der Waals surface area contributed by atoms with E-state index >= 15 is 0 Å². The number of unbranched alkanes of at least 4 members (excludes halogenated alkanes) is 10. The van der Waals surface area contributed by atoms with E-state index in [-0.39, 0.29) is 5.97 Å². The zero-order valence-corrected chi connectivity index (χ0v) is 27.4. The highest BCUT2D eigenvalue weighted by Crippen LogP contribution is 2.26. The molecule has 0 atom stereocenters. The number of aryl methyl sites for hydroxylation is 1. The van der Waals surface area contributed by atoms with Gasteiger partial charge in [0, 0.05) is 22.9 Å². The van der Waals surface area contributed by atoms with Crippen LogP contribution in [0.3, 0.4) is 0 Å². The van der Waals surface area contributed by atoms with Gasteiger partial charge in [0.05, 0.1) is 5.56 Å². The summed E-state index contributed by atoms with van der Waals surface area (Å²) in [5.41, 5.74) is 4.81. The number of hydrogen-bond donors (Lipinski definition) is 0. The Hall–Kier alpha value is -3.44. The van der Waals surface area contributed by atoms with Crippen molar-refractivity contribution in [2.45, 2.75) is 102 Å². The van der Waals surface area contributed by atoms with Crippen LogP contribution in [-0.4, -0.2) is 21.7 Å². The molecule has 4 aromatic rings. The van der Waals surface area contributed by atoms with Crippen molar-refractivity contribution in [1.82, 2.24) is 9.97 Å². The van der Waals surface area contributed by atoms with Gasteiger partial charge in [0.15, 0.2) is 5.82 Å². The van der Waals surface area contributed by atoms with Crippen molar-refractivity contribution in [3.05, 3.63) is 96.3 Å². The predicted molar refractivity (Wildman–Crippen MR) is 185 cm³/mol. The molecule has 0 bridgehead atoms. The van der Waals surface area contributed by atoms with Gasteiger partial charge < -0.3 is 4.74 Å². The largest absolute Gasteiger partial charge is 0.423 e. The normalized spacial score (nSPS) is 11.0. The highest BCUT2D eigenvalue weighted by Gasteiger charge is 2.10. The van der Waals surface area contributed by atoms with Crippen molar-refractivity contribution in [2.24, 2.45) is 0 Å². The van der Waals surface area contributed by atoms with Crippen molar-refractivity contribution >= 4 is 17.7 Å². The van der Waals surface area contributed by atoms with Crippen molar-refractivity contribution in [3.8, 4) is 28.3 Å². The van der Waals surface area contributed by atoms with Crippen LogP contribution in [0.4, 0.5) is 0 Å². The molecular weight excluding hydrogens is 561 g/mol. The molecule has 0 unspecified atom stereocenters. The molecular formula is C39H48N2O2S. The third kappa shape index (κ3) is 11.2. The fourth-order valence-corrected chi connectivity index (χ4v) is 6.11. The van der Waals surface area contributed by atoms with Gasteiger partial charge in [0.1, 0.15) is 5.75 Å². The molecule has 3 aromatic carbocycles. The first kappa shape index (κ1) is 33.5. The van der Waals surface area contributed by atoms with Crippen molar-refractivity contribution in [3.63, 3.8) is 0 Å². The van der Waals surface area contributed by atoms with E-state index in [2.05, 4.69) is 48.1 Å². The maximum atomic E-state index is 12.8. The number of esters is 1. The molecule has 0 saturated heterocycles. The molecule has 1 aromatic heterocycles. The van der Waals surface area contributed by atoms with Crippen LogP contribution in [-0.2, 0) is 6.42 Å². The van der Waals surface area contributed by atoms with Crippen LogP contribution >= 0.6 is 11.8 Å². The van der Waals surface area contributed by atoms with Gasteiger partial charge in [0.25, 0.3) is 0 Å². The molecule has 5 heteroatoms. The van der Waals surface area contributed by atoms with Crippen LogP contribution in [0, 0.1) is 0 Å². The maximum absolute atomic E-state index is 12.8. The minimum absolute atomic E-state index is 0.374. The Bertz CT molecular complexity index is 1370. The summed E-state index contributed by atoms with van der Waals surface area (Å²) >= 11 is 1.94. The molecule has 0 aliphatic rings. The zero-order valence-electron chi connectivity index (χ0n) is 26.6. The maximum Gasteiger partial charge on any atom is 0.343 e. The second-order valence-corrected chi connectivity index (χ2v) is 12.7. The Morgan fingerprint density at radius 3 is 1.75 bits per heavy atom. The van der Waals surface area contributed by atoms with Crippen LogP contribution in [0.2, 0.25) is 0 Å². The van der Waals surface area contributed by atoms with E-state index in [0.717, 1.165) is 23.1 Å². The summed E-state index contributed by atoms with van der Waals surface area (Å²) in [5, 5.41) is 0. The molecule has 1 heterocycles. The van der Waals surface area contributed by atoms with Crippen LogP contribution in [0.15, 0.2) is 90.1 Å². The third-order valence-corrected chi connectivity index (χ3v) is 9.02. The van der Waals surface area contributed by atoms with Gasteiger partial charge in [-0.2, -0.15) is 0 Å². The summed E-state index contributed by atoms with van der Waals surface area (Å²) in [7, 11) is 0. The van der Waals surface area contributed by atoms with Crippen LogP contribution in [0.5, 0.6) is 5.75 Å². The van der Waals surface area contributed by atoms with E-state index in [1.54, 1.807) is 12.1 Å². The van der Waals surface area contributed by atoms with Gasteiger partial charge in [-0.25, -0.2) is 14.8 Å². The lowest BCUT2D eigenvalue weighted by Crippen LogP contribution is -2.08. The van der Waals surface area contributed by atoms with Crippen molar-refractivity contribution in [2.75, 3.05) is 5.75 Å². The lowest BCUT2D eigenvalue weighted by Gasteiger charge is -2.08. The van der Waals surface area contributed by atoms with E-state index in [9.17, 15) is 4.79 Å². The van der Waals surface area contributed by atoms with Gasteiger partial charge >= 0.3 is 5.97 Å². The first-order chi connectivity index (χ1) is 21.7. The molecule has 0 fully saturated rings. The van der Waals surface area contributed by atoms with Gasteiger partial charge in [0.2, 0.25) is 0 Å². The molecule has 4 nitrogen and oxygen atoms in total. The minimum Gasteiger partial charge on any atom is -0.423 e. The van der Waals surface area contributed by atoms with Gasteiger partial charge in [-0.3, -0.25) is 0 Å². The van der Waals surface area contributed by atoms with E-state index in [0.29, 0.717) is 17.1 Å². The lowest BCUT2D eigenvalue weighted by atomic mass is 10.0. The van der Waals surface area contributed by atoms with Gasteiger partial charge in [-0.1, -0.05) is 102 Å². The Morgan fingerprint density at radius 2 is 1.14 bits per heavy atom. The monoisotopic (exact) mass is 608 g/mol. The first-order valence-electron chi connectivity index (χ1n) is 16.6. The SMILES string of the molecule is CCCCCCCCCCSc1ccc(-c2ccc(C(=O)Oc3ccc(-c4ncc(CCCCCC)cn4)cc3)cc2)cc1. The Balaban J connectivity index is 1.20. The average molecular weight is 609 g/mol. The fraction of sp³-hybridized carbons (Fsp3) is 0.410. The third-order valence-electron chi connectivity index (χ3n) is 7.92. The molecule has 4 rings (SSSR count). The second-order valence-electron chi connectivity index (χ2n) is 11.6. The summed E-state index contributed by atoms with van der Waals surface area (Å²) in [6.07, 6.45) is 20.6. The fourth-order valence-electron chi connectivity index (χ4n) is 5.20. The standard InChI is InChI=1S/C39H48N2O2S/c1-3-5-7-9-10-11-12-14-28-44-37-26-22-33(23-27-37)32-16-18-35(19-17-32)39(42)43-36-24-20-34(21-25-36)38-40-29-31(30-41-38)15-13-8-6-4-2/h16-27,29-30H,3-15,28H2,1-2H3. The number of aromatic nitrogens is 2. The number of carbonyl (C=O) groups excluding carboxylic acids is 1. The van der Waals surface area contributed by atoms with Gasteiger partial charge in [-0.15, -0.1) is 11.8 Å². The highest BCUT2D eigenvalue weighted by atomic mass is 32.2. The topological polar surface area (TPSA) is 52.1 Å². The Labute approximate surface area is 269 Å². The van der Waals surface area contributed by atoms with Crippen LogP contribution in [0.1, 0.15) is 107 Å². The van der Waals surface area contributed by atoms with Crippen molar-refractivity contribution < 1.29 is 9.53 Å². The summed E-state index contributed by atoms with van der Waals surface area (Å²) in [4.78, 5) is 23.2. The molecule has 0 saturated carbocycles. The summed E-state index contributed by atoms with van der Waals surface area (Å²) in [6, 6.07) is 23.7. The number of thioether (sulfide) groups is 1. The molecule has 44 heavy (non-hydrogen) atoms. The van der Waals surface area contributed by atoms with Gasteiger partial charge in [-0.05, 0) is 90.2 Å². The molecule has 232 valence electrons. The Kier molecular flexibility index (Phi) is 14.5. The molecule has 0 aliphatic heterocycles. The molecule has 0 spiro atoms. The number of benzene rings is 3. The molecule has 0 radical (unpaired) electrons. The van der Waals surface area contributed by atoms with E-state index in [4.69, 9.17) is 4.74 Å². The predicted octanol–water partition coefficient (Wildman–Crippen LogP) is 11.4. The van der Waals surface area contributed by atoms with E-state index < -0.39 is 0 Å². The van der Waals surface area contributed by atoms with Crippen LogP contribution in [0.25, 0.3) is 22.5 Å². The highest BCUT2D eigenvalue weighted by molar-refractivity contribution is 7.99.